The SMILES string of the molecule is CCOc1cc(C#N)ccc1OCC(=O)Nc1cc([N+](=O)[O-])ccc1OC. The highest BCUT2D eigenvalue weighted by molar-refractivity contribution is 5.93. The molecule has 2 aromatic rings. The van der Waals surface area contributed by atoms with Gasteiger partial charge in [-0.15, -0.1) is 0 Å². The Kier molecular flexibility index (Phi) is 6.55. The van der Waals surface area contributed by atoms with Gasteiger partial charge in [0, 0.05) is 18.2 Å². The quantitative estimate of drug-likeness (QED) is 0.559. The van der Waals surface area contributed by atoms with Crippen LogP contribution >= 0.6 is 0 Å². The average Bonchev–Trinajstić information content (AvgIpc) is 2.67. The van der Waals surface area contributed by atoms with Gasteiger partial charge >= 0.3 is 0 Å². The van der Waals surface area contributed by atoms with Gasteiger partial charge < -0.3 is 19.5 Å². The Morgan fingerprint density at radius 2 is 1.93 bits per heavy atom. The second-order valence-electron chi connectivity index (χ2n) is 5.18. The molecular weight excluding hydrogens is 354 g/mol. The minimum Gasteiger partial charge on any atom is -0.495 e. The zero-order chi connectivity index (χ0) is 19.8. The fourth-order valence-corrected chi connectivity index (χ4v) is 2.20. The Morgan fingerprint density at radius 1 is 1.19 bits per heavy atom. The molecule has 2 aromatic carbocycles. The number of benzene rings is 2. The number of nitrogens with zero attached hydrogens (tertiary/aromatic N) is 2. The molecule has 1 N–H and O–H groups in total. The molecule has 2 rings (SSSR count). The number of hydrogen-bond acceptors (Lipinski definition) is 7. The van der Waals surface area contributed by atoms with E-state index in [-0.39, 0.29) is 23.7 Å². The van der Waals surface area contributed by atoms with Crippen molar-refractivity contribution in [2.24, 2.45) is 0 Å². The van der Waals surface area contributed by atoms with Crippen molar-refractivity contribution in [1.29, 1.82) is 5.26 Å². The van der Waals surface area contributed by atoms with Gasteiger partial charge in [-0.2, -0.15) is 5.26 Å². The number of carbonyl (C=O) groups excluding carboxylic acids is 1. The number of ether oxygens (including phenoxy) is 3. The number of nitro groups is 1. The maximum absolute atomic E-state index is 12.2. The van der Waals surface area contributed by atoms with Gasteiger partial charge in [0.25, 0.3) is 11.6 Å². The van der Waals surface area contributed by atoms with E-state index in [0.29, 0.717) is 23.7 Å². The van der Waals surface area contributed by atoms with Gasteiger partial charge in [0.1, 0.15) is 5.75 Å². The lowest BCUT2D eigenvalue weighted by molar-refractivity contribution is -0.384. The number of nitrogens with one attached hydrogen (secondary N) is 1. The molecule has 9 nitrogen and oxygen atoms in total. The third-order valence-corrected chi connectivity index (χ3v) is 3.40. The van der Waals surface area contributed by atoms with Crippen molar-refractivity contribution in [3.8, 4) is 23.3 Å². The predicted molar refractivity (Wildman–Crippen MR) is 96.1 cm³/mol. The molecule has 0 heterocycles. The summed E-state index contributed by atoms with van der Waals surface area (Å²) in [6, 6.07) is 10.4. The van der Waals surface area contributed by atoms with Gasteiger partial charge in [0.15, 0.2) is 18.1 Å². The van der Waals surface area contributed by atoms with Crippen molar-refractivity contribution in [2.45, 2.75) is 6.92 Å². The van der Waals surface area contributed by atoms with Crippen LogP contribution in [0.4, 0.5) is 11.4 Å². The summed E-state index contributed by atoms with van der Waals surface area (Å²) in [5, 5.41) is 22.3. The first-order valence-electron chi connectivity index (χ1n) is 7.90. The van der Waals surface area contributed by atoms with Crippen molar-refractivity contribution >= 4 is 17.3 Å². The van der Waals surface area contributed by atoms with E-state index in [1.807, 2.05) is 6.07 Å². The molecule has 0 aliphatic rings. The number of nitro benzene ring substituents is 1. The molecule has 0 atom stereocenters. The molecule has 0 aromatic heterocycles. The zero-order valence-electron chi connectivity index (χ0n) is 14.7. The molecular formula is C18H17N3O6. The first-order valence-corrected chi connectivity index (χ1v) is 7.90. The predicted octanol–water partition coefficient (Wildman–Crippen LogP) is 2.89. The van der Waals surface area contributed by atoms with Crippen molar-refractivity contribution in [1.82, 2.24) is 0 Å². The number of anilines is 1. The van der Waals surface area contributed by atoms with E-state index in [1.165, 1.54) is 37.4 Å². The van der Waals surface area contributed by atoms with Crippen LogP contribution in [0.5, 0.6) is 17.2 Å². The molecule has 0 unspecified atom stereocenters. The Labute approximate surface area is 155 Å². The van der Waals surface area contributed by atoms with E-state index < -0.39 is 10.8 Å². The number of hydrogen-bond donors (Lipinski definition) is 1. The highest BCUT2D eigenvalue weighted by Crippen LogP contribution is 2.30. The van der Waals surface area contributed by atoms with Crippen LogP contribution in [0.1, 0.15) is 12.5 Å². The summed E-state index contributed by atoms with van der Waals surface area (Å²) in [5.41, 5.74) is 0.375. The van der Waals surface area contributed by atoms with Crippen LogP contribution in [0.3, 0.4) is 0 Å². The van der Waals surface area contributed by atoms with Crippen molar-refractivity contribution in [3.63, 3.8) is 0 Å². The molecule has 0 aliphatic heterocycles. The first-order chi connectivity index (χ1) is 13.0. The average molecular weight is 371 g/mol. The third-order valence-electron chi connectivity index (χ3n) is 3.40. The molecule has 9 heteroatoms. The van der Waals surface area contributed by atoms with Gasteiger partial charge in [0.05, 0.1) is 36.0 Å². The lowest BCUT2D eigenvalue weighted by atomic mass is 10.2. The Morgan fingerprint density at radius 3 is 2.56 bits per heavy atom. The largest absolute Gasteiger partial charge is 0.495 e. The van der Waals surface area contributed by atoms with E-state index in [0.717, 1.165) is 0 Å². The van der Waals surface area contributed by atoms with Crippen molar-refractivity contribution in [2.75, 3.05) is 25.6 Å². The van der Waals surface area contributed by atoms with Crippen LogP contribution in [0.2, 0.25) is 0 Å². The van der Waals surface area contributed by atoms with Gasteiger partial charge in [-0.25, -0.2) is 0 Å². The first kappa shape index (κ1) is 19.5. The van der Waals surface area contributed by atoms with Crippen LogP contribution in [0.25, 0.3) is 0 Å². The number of amides is 1. The summed E-state index contributed by atoms with van der Waals surface area (Å²) in [4.78, 5) is 22.5. The minimum atomic E-state index is -0.573. The van der Waals surface area contributed by atoms with Crippen LogP contribution in [-0.4, -0.2) is 31.2 Å². The van der Waals surface area contributed by atoms with Gasteiger partial charge in [-0.1, -0.05) is 0 Å². The molecule has 140 valence electrons. The normalized spacial score (nSPS) is 9.81. The van der Waals surface area contributed by atoms with Gasteiger partial charge in [-0.05, 0) is 25.1 Å². The number of nitriles is 1. The Balaban J connectivity index is 2.10. The lowest BCUT2D eigenvalue weighted by Gasteiger charge is -2.13. The van der Waals surface area contributed by atoms with Gasteiger partial charge in [0.2, 0.25) is 0 Å². The number of non-ortho nitro benzene ring substituents is 1. The summed E-state index contributed by atoms with van der Waals surface area (Å²) in [6.45, 7) is 1.78. The zero-order valence-corrected chi connectivity index (χ0v) is 14.7. The molecule has 0 fully saturated rings. The van der Waals surface area contributed by atoms with Crippen LogP contribution < -0.4 is 19.5 Å². The number of rotatable bonds is 8. The fraction of sp³-hybridized carbons (Fsp3) is 0.222. The van der Waals surface area contributed by atoms with Crippen LogP contribution in [0.15, 0.2) is 36.4 Å². The van der Waals surface area contributed by atoms with E-state index >= 15 is 0 Å². The van der Waals surface area contributed by atoms with Crippen LogP contribution in [0, 0.1) is 21.4 Å². The fourth-order valence-electron chi connectivity index (χ4n) is 2.20. The molecule has 0 spiro atoms. The maximum atomic E-state index is 12.2. The van der Waals surface area contributed by atoms with E-state index in [4.69, 9.17) is 19.5 Å². The van der Waals surface area contributed by atoms with Crippen molar-refractivity contribution < 1.29 is 23.9 Å². The summed E-state index contributed by atoms with van der Waals surface area (Å²) in [6.07, 6.45) is 0. The van der Waals surface area contributed by atoms with Crippen molar-refractivity contribution in [3.05, 3.63) is 52.1 Å². The highest BCUT2D eigenvalue weighted by atomic mass is 16.6. The Bertz CT molecular complexity index is 891. The second-order valence-corrected chi connectivity index (χ2v) is 5.18. The van der Waals surface area contributed by atoms with E-state index in [2.05, 4.69) is 5.32 Å². The molecule has 0 radical (unpaired) electrons. The molecule has 1 amide bonds. The molecule has 0 aliphatic carbocycles. The summed E-state index contributed by atoms with van der Waals surface area (Å²) >= 11 is 0. The lowest BCUT2D eigenvalue weighted by Crippen LogP contribution is -2.20. The third kappa shape index (κ3) is 5.09. The van der Waals surface area contributed by atoms with Gasteiger partial charge in [-0.3, -0.25) is 14.9 Å². The summed E-state index contributed by atoms with van der Waals surface area (Å²) in [7, 11) is 1.39. The smallest absolute Gasteiger partial charge is 0.271 e. The Hall–Kier alpha value is -3.80. The monoisotopic (exact) mass is 371 g/mol. The summed E-state index contributed by atoms with van der Waals surface area (Å²) in [5.74, 6) is 0.386. The standard InChI is InChI=1S/C18H17N3O6/c1-3-26-17-8-12(10-19)4-6-16(17)27-11-18(22)20-14-9-13(21(23)24)5-7-15(14)25-2/h4-9H,3,11H2,1-2H3,(H,20,22). The topological polar surface area (TPSA) is 124 Å². The molecule has 0 saturated carbocycles. The maximum Gasteiger partial charge on any atom is 0.271 e. The second kappa shape index (κ2) is 9.05. The number of methoxy groups -OCH3 is 1. The molecule has 0 saturated heterocycles. The molecule has 27 heavy (non-hydrogen) atoms. The van der Waals surface area contributed by atoms with Crippen LogP contribution in [-0.2, 0) is 4.79 Å². The summed E-state index contributed by atoms with van der Waals surface area (Å²) < 4.78 is 16.0. The highest BCUT2D eigenvalue weighted by Gasteiger charge is 2.15. The minimum absolute atomic E-state index is 0.158. The van der Waals surface area contributed by atoms with E-state index in [9.17, 15) is 14.9 Å². The molecule has 0 bridgehead atoms. The van der Waals surface area contributed by atoms with E-state index in [1.54, 1.807) is 13.0 Å². The number of carbonyl (C=O) groups is 1.